The molecule has 0 N–H and O–H groups in total. The Labute approximate surface area is 162 Å². The van der Waals surface area contributed by atoms with Crippen molar-refractivity contribution >= 4 is 43.0 Å². The molecule has 1 aromatic heterocycles. The van der Waals surface area contributed by atoms with Gasteiger partial charge >= 0.3 is 0 Å². The van der Waals surface area contributed by atoms with Crippen LogP contribution < -0.4 is 0 Å². The van der Waals surface area contributed by atoms with Crippen LogP contribution in [0.1, 0.15) is 47.2 Å². The molecule has 0 spiro atoms. The van der Waals surface area contributed by atoms with E-state index in [4.69, 9.17) is 0 Å². The van der Waals surface area contributed by atoms with Gasteiger partial charge in [0.15, 0.2) is 11.5 Å². The molecule has 0 radical (unpaired) electrons. The number of alkyl halides is 1. The van der Waals surface area contributed by atoms with Crippen molar-refractivity contribution in [2.45, 2.75) is 51.2 Å². The molecule has 1 aromatic rings. The van der Waals surface area contributed by atoms with E-state index < -0.39 is 38.6 Å². The highest BCUT2D eigenvalue weighted by Crippen LogP contribution is 2.56. The Bertz CT molecular complexity index is 624. The quantitative estimate of drug-likeness (QED) is 0.312. The van der Waals surface area contributed by atoms with E-state index in [1.54, 1.807) is 26.8 Å². The minimum atomic E-state index is -1.68. The molecule has 0 aliphatic rings. The zero-order chi connectivity index (χ0) is 19.4. The molecule has 1 unspecified atom stereocenters. The van der Waals surface area contributed by atoms with Crippen molar-refractivity contribution in [1.29, 1.82) is 0 Å². The van der Waals surface area contributed by atoms with Crippen molar-refractivity contribution < 1.29 is 13.3 Å². The van der Waals surface area contributed by atoms with Crippen LogP contribution in [0.2, 0.25) is 0 Å². The molecule has 144 valence electrons. The summed E-state index contributed by atoms with van der Waals surface area (Å²) >= 11 is 1.63. The van der Waals surface area contributed by atoms with Crippen molar-refractivity contribution in [1.82, 2.24) is 4.98 Å². The first kappa shape index (κ1) is 22.9. The van der Waals surface area contributed by atoms with E-state index in [1.807, 2.05) is 0 Å². The zero-order valence-corrected chi connectivity index (χ0v) is 18.9. The van der Waals surface area contributed by atoms with E-state index in [2.05, 4.69) is 46.1 Å². The van der Waals surface area contributed by atoms with Crippen molar-refractivity contribution in [3.8, 4) is 0 Å². The Morgan fingerprint density at radius 2 is 1.80 bits per heavy atom. The summed E-state index contributed by atoms with van der Waals surface area (Å²) in [5.74, 6) is 1.97. The van der Waals surface area contributed by atoms with E-state index in [0.29, 0.717) is 9.50 Å². The molecule has 8 heteroatoms. The fourth-order valence-corrected chi connectivity index (χ4v) is 6.59. The van der Waals surface area contributed by atoms with E-state index >= 15 is 4.39 Å². The smallest absolute Gasteiger partial charge is 0.163 e. The molecule has 0 aromatic carbocycles. The Kier molecular flexibility index (Phi) is 8.37. The maximum absolute atomic E-state index is 15.3. The lowest BCUT2D eigenvalue weighted by Gasteiger charge is -2.38. The molecule has 0 amide bonds. The summed E-state index contributed by atoms with van der Waals surface area (Å²) in [6.07, 6.45) is 0. The first-order valence-electron chi connectivity index (χ1n) is 8.24. The van der Waals surface area contributed by atoms with E-state index in [9.17, 15) is 8.94 Å². The summed E-state index contributed by atoms with van der Waals surface area (Å²) in [6.45, 7) is 10.3. The third-order valence-electron chi connectivity index (χ3n) is 4.13. The van der Waals surface area contributed by atoms with Gasteiger partial charge in [0.1, 0.15) is 33.1 Å². The molecule has 1 heterocycles. The number of halogens is 3. The van der Waals surface area contributed by atoms with E-state index in [0.717, 1.165) is 17.3 Å². The lowest BCUT2D eigenvalue weighted by Crippen LogP contribution is -2.28. The molecule has 0 bridgehead atoms. The van der Waals surface area contributed by atoms with Gasteiger partial charge in [-0.2, -0.15) is 0 Å². The largest absolute Gasteiger partial charge is 0.591 e. The minimum Gasteiger partial charge on any atom is -0.591 e. The normalized spacial score (nSPS) is 15.4. The topological polar surface area (TPSA) is 48.3 Å². The third kappa shape index (κ3) is 5.17. The van der Waals surface area contributed by atoms with Crippen molar-refractivity contribution in [3.05, 3.63) is 22.2 Å². The second-order valence-corrected chi connectivity index (χ2v) is 13.5. The molecule has 0 fully saturated rings. The lowest BCUT2D eigenvalue weighted by atomic mass is 10.2. The average Bonchev–Trinajstić information content (AvgIpc) is 2.56. The molecule has 1 rings (SSSR count). The molecule has 1 atom stereocenters. The molecule has 3 nitrogen and oxygen atoms in total. The predicted octanol–water partition coefficient (Wildman–Crippen LogP) is 5.43. The van der Waals surface area contributed by atoms with Crippen molar-refractivity contribution in [2.75, 3.05) is 23.9 Å². The van der Waals surface area contributed by atoms with Gasteiger partial charge < -0.3 is 4.55 Å². The third-order valence-corrected chi connectivity index (χ3v) is 10.5. The van der Waals surface area contributed by atoms with Crippen LogP contribution in [0.25, 0.3) is 0 Å². The average molecular weight is 457 g/mol. The van der Waals surface area contributed by atoms with Crippen LogP contribution in [0.3, 0.4) is 0 Å². The van der Waals surface area contributed by atoms with Crippen LogP contribution in [-0.2, 0) is 11.4 Å². The first-order valence-corrected chi connectivity index (χ1v) is 12.3. The highest BCUT2D eigenvalue weighted by Gasteiger charge is 2.31. The minimum absolute atomic E-state index is 0.142. The number of rotatable bonds is 7. The van der Waals surface area contributed by atoms with Crippen LogP contribution >= 0.6 is 26.0 Å². The molecule has 0 aliphatic heterocycles. The van der Waals surface area contributed by atoms with Crippen LogP contribution in [0.15, 0.2) is 20.0 Å². The summed E-state index contributed by atoms with van der Waals surface area (Å²) < 4.78 is 44.9. The molecule has 0 aliphatic carbocycles. The predicted molar refractivity (Wildman–Crippen MR) is 110 cm³/mol. The highest BCUT2D eigenvalue weighted by molar-refractivity contribution is 9.10. The van der Waals surface area contributed by atoms with Crippen LogP contribution in [-0.4, -0.2) is 43.9 Å². The standard InChI is InChI=1S/C17H27BrF2N2OS2/c1-7-25(8-2,9-3)13-10-14(18)21-16(15(13)20)12(11-19)22-24(23)17(4,5)6/h10H,7-9,11H2,1-6H3/b22-12+. The number of pyridine rings is 1. The molecular formula is C17H27BrF2N2OS2. The second kappa shape index (κ2) is 9.15. The van der Waals surface area contributed by atoms with Gasteiger partial charge in [0.25, 0.3) is 0 Å². The van der Waals surface area contributed by atoms with E-state index in [-0.39, 0.29) is 11.4 Å². The van der Waals surface area contributed by atoms with Gasteiger partial charge in [-0.1, -0.05) is 25.2 Å². The van der Waals surface area contributed by atoms with Crippen molar-refractivity contribution in [3.63, 3.8) is 0 Å². The van der Waals surface area contributed by atoms with E-state index in [1.165, 1.54) is 0 Å². The van der Waals surface area contributed by atoms with Crippen molar-refractivity contribution in [2.24, 2.45) is 4.40 Å². The van der Waals surface area contributed by atoms with Gasteiger partial charge in [-0.25, -0.2) is 23.8 Å². The maximum atomic E-state index is 15.3. The van der Waals surface area contributed by atoms with Crippen LogP contribution in [0.5, 0.6) is 0 Å². The summed E-state index contributed by atoms with van der Waals surface area (Å²) in [7, 11) is -1.36. The number of aromatic nitrogens is 1. The van der Waals surface area contributed by atoms with Gasteiger partial charge in [0, 0.05) is 4.90 Å². The Morgan fingerprint density at radius 1 is 1.28 bits per heavy atom. The fraction of sp³-hybridized carbons (Fsp3) is 0.647. The van der Waals surface area contributed by atoms with Gasteiger partial charge in [-0.15, -0.1) is 0 Å². The molecule has 25 heavy (non-hydrogen) atoms. The Balaban J connectivity index is 3.59. The Morgan fingerprint density at radius 3 is 2.20 bits per heavy atom. The number of hydrogen-bond donors (Lipinski definition) is 0. The van der Waals surface area contributed by atoms with Crippen LogP contribution in [0, 0.1) is 5.82 Å². The molecule has 0 saturated heterocycles. The van der Waals surface area contributed by atoms with Gasteiger partial charge in [-0.3, -0.25) is 0 Å². The van der Waals surface area contributed by atoms with Gasteiger partial charge in [-0.05, 0) is 60.0 Å². The van der Waals surface area contributed by atoms with Gasteiger partial charge in [0.2, 0.25) is 0 Å². The zero-order valence-electron chi connectivity index (χ0n) is 15.7. The second-order valence-electron chi connectivity index (χ2n) is 6.55. The summed E-state index contributed by atoms with van der Waals surface area (Å²) in [5.41, 5.74) is -0.346. The summed E-state index contributed by atoms with van der Waals surface area (Å²) in [4.78, 5) is 4.69. The monoisotopic (exact) mass is 456 g/mol. The van der Waals surface area contributed by atoms with Crippen LogP contribution in [0.4, 0.5) is 8.78 Å². The highest BCUT2D eigenvalue weighted by atomic mass is 79.9. The summed E-state index contributed by atoms with van der Waals surface area (Å²) in [6, 6.07) is 1.70. The number of nitrogens with zero attached hydrogens (tertiary/aromatic N) is 2. The van der Waals surface area contributed by atoms with Gasteiger partial charge in [0.05, 0.1) is 0 Å². The SMILES string of the molecule is CCS(CC)(CC)c1cc(Br)nc(/C(CF)=N/[S+]([O-])C(C)(C)C)c1F. The fourth-order valence-electron chi connectivity index (χ4n) is 2.43. The lowest BCUT2D eigenvalue weighted by molar-refractivity contribution is 0.555. The first-order chi connectivity index (χ1) is 11.6. The summed E-state index contributed by atoms with van der Waals surface area (Å²) in [5, 5.41) is 0. The maximum Gasteiger partial charge on any atom is 0.163 e. The number of hydrogen-bond acceptors (Lipinski definition) is 3. The molecule has 0 saturated carbocycles. The Hall–Kier alpha value is -0.180. The molecular weight excluding hydrogens is 430 g/mol.